The van der Waals surface area contributed by atoms with Crippen LogP contribution in [0.25, 0.3) is 11.0 Å². The molecule has 0 fully saturated rings. The number of rotatable bonds is 14. The van der Waals surface area contributed by atoms with Crippen LogP contribution in [0.2, 0.25) is 25.7 Å². The quantitative estimate of drug-likeness (QED) is 0.108. The van der Waals surface area contributed by atoms with Gasteiger partial charge in [0.25, 0.3) is 0 Å². The van der Waals surface area contributed by atoms with E-state index in [4.69, 9.17) is 14.7 Å². The number of hydrogen-bond acceptors (Lipinski definition) is 8. The van der Waals surface area contributed by atoms with Gasteiger partial charge >= 0.3 is 5.97 Å². The van der Waals surface area contributed by atoms with Crippen molar-refractivity contribution in [2.24, 2.45) is 0 Å². The first-order chi connectivity index (χ1) is 19.4. The second-order valence-corrected chi connectivity index (χ2v) is 18.4. The number of nitrogens with one attached hydrogen (secondary N) is 3. The fourth-order valence-electron chi connectivity index (χ4n) is 3.92. The summed E-state index contributed by atoms with van der Waals surface area (Å²) in [5.74, 6) is -0.176. The lowest BCUT2D eigenvalue weighted by molar-refractivity contribution is 0.0697. The van der Waals surface area contributed by atoms with Gasteiger partial charge in [0.05, 0.1) is 22.4 Å². The molecule has 0 saturated carbocycles. The first-order valence-electron chi connectivity index (χ1n) is 13.3. The Kier molecular flexibility index (Phi) is 9.30. The minimum absolute atomic E-state index is 0.0305. The third kappa shape index (κ3) is 8.28. The lowest BCUT2D eigenvalue weighted by atomic mass is 10.2. The zero-order valence-corrected chi connectivity index (χ0v) is 25.5. The van der Waals surface area contributed by atoms with Crippen LogP contribution < -0.4 is 15.4 Å². The first-order valence-corrected chi connectivity index (χ1v) is 18.7. The topological polar surface area (TPSA) is 147 Å². The SMILES string of the molecule is CCS(=O)(=O)Nc1ccccc1CNc1nc(Nc2ccc(C(=O)O)cc2)nc2c1ccn2COCC[Si](C)(C)C. The van der Waals surface area contributed by atoms with Gasteiger partial charge in [0.1, 0.15) is 18.2 Å². The highest BCUT2D eigenvalue weighted by Crippen LogP contribution is 2.27. The molecule has 0 aliphatic carbocycles. The molecule has 218 valence electrons. The summed E-state index contributed by atoms with van der Waals surface area (Å²) >= 11 is 0. The number of fused-ring (bicyclic) bond motifs is 1. The summed E-state index contributed by atoms with van der Waals surface area (Å²) in [5, 5.41) is 16.5. The zero-order valence-electron chi connectivity index (χ0n) is 23.6. The minimum atomic E-state index is -3.44. The van der Waals surface area contributed by atoms with Crippen molar-refractivity contribution in [2.45, 2.75) is 45.9 Å². The monoisotopic (exact) mass is 596 g/mol. The van der Waals surface area contributed by atoms with Gasteiger partial charge in [-0.1, -0.05) is 37.8 Å². The molecule has 2 heterocycles. The van der Waals surface area contributed by atoms with Crippen LogP contribution >= 0.6 is 0 Å². The van der Waals surface area contributed by atoms with Crippen molar-refractivity contribution < 1.29 is 23.1 Å². The Hall–Kier alpha value is -3.94. The zero-order chi connectivity index (χ0) is 29.6. The minimum Gasteiger partial charge on any atom is -0.478 e. The Morgan fingerprint density at radius 1 is 1.05 bits per heavy atom. The largest absolute Gasteiger partial charge is 0.478 e. The molecular weight excluding hydrogens is 560 g/mol. The number of benzene rings is 2. The summed E-state index contributed by atoms with van der Waals surface area (Å²) < 4.78 is 34.9. The highest BCUT2D eigenvalue weighted by atomic mass is 32.2. The Bertz CT molecular complexity index is 1620. The van der Waals surface area contributed by atoms with Crippen LogP contribution in [0.1, 0.15) is 22.8 Å². The highest BCUT2D eigenvalue weighted by Gasteiger charge is 2.16. The number of sulfonamides is 1. The van der Waals surface area contributed by atoms with Crippen LogP contribution in [0.4, 0.5) is 23.1 Å². The van der Waals surface area contributed by atoms with Crippen molar-refractivity contribution in [3.8, 4) is 0 Å². The molecule has 0 aliphatic heterocycles. The third-order valence-corrected chi connectivity index (χ3v) is 9.34. The smallest absolute Gasteiger partial charge is 0.335 e. The lowest BCUT2D eigenvalue weighted by Gasteiger charge is -2.16. The molecule has 2 aromatic carbocycles. The molecule has 0 aliphatic rings. The molecule has 0 bridgehead atoms. The molecule has 0 spiro atoms. The Morgan fingerprint density at radius 2 is 1.78 bits per heavy atom. The molecule has 4 aromatic rings. The molecule has 11 nitrogen and oxygen atoms in total. The van der Waals surface area contributed by atoms with Crippen LogP contribution in [0, 0.1) is 0 Å². The standard InChI is InChI=1S/C28H36N6O5SSi/c1-5-40(37,38)33-24-9-7-6-8-21(24)18-29-25-23-14-15-34(19-39-16-17-41(2,3)4)26(23)32-28(31-25)30-22-12-10-20(11-13-22)27(35)36/h6-15,33H,5,16-19H2,1-4H3,(H,35,36)(H2,29,30,31,32). The van der Waals surface area contributed by atoms with Gasteiger partial charge in [0, 0.05) is 33.1 Å². The van der Waals surface area contributed by atoms with E-state index in [1.807, 2.05) is 29.0 Å². The molecule has 41 heavy (non-hydrogen) atoms. The van der Waals surface area contributed by atoms with E-state index in [0.29, 0.717) is 48.7 Å². The van der Waals surface area contributed by atoms with Crippen molar-refractivity contribution in [3.63, 3.8) is 0 Å². The summed E-state index contributed by atoms with van der Waals surface area (Å²) in [6.45, 7) is 9.80. The van der Waals surface area contributed by atoms with Crippen molar-refractivity contribution >= 4 is 58.2 Å². The molecule has 0 unspecified atom stereocenters. The van der Waals surface area contributed by atoms with Crippen LogP contribution in [-0.2, 0) is 28.0 Å². The number of hydrogen-bond donors (Lipinski definition) is 4. The molecule has 2 aromatic heterocycles. The fourth-order valence-corrected chi connectivity index (χ4v) is 5.35. The second kappa shape index (κ2) is 12.7. The van der Waals surface area contributed by atoms with Crippen LogP contribution in [0.5, 0.6) is 0 Å². The van der Waals surface area contributed by atoms with Crippen molar-refractivity contribution in [3.05, 3.63) is 71.9 Å². The number of ether oxygens (including phenoxy) is 1. The predicted molar refractivity (Wildman–Crippen MR) is 165 cm³/mol. The predicted octanol–water partition coefficient (Wildman–Crippen LogP) is 5.56. The van der Waals surface area contributed by atoms with Crippen LogP contribution in [-0.4, -0.2) is 54.5 Å². The second-order valence-electron chi connectivity index (χ2n) is 10.8. The Morgan fingerprint density at radius 3 is 2.46 bits per heavy atom. The molecule has 0 saturated heterocycles. The number of anilines is 4. The van der Waals surface area contributed by atoms with Gasteiger partial charge in [-0.05, 0) is 54.9 Å². The highest BCUT2D eigenvalue weighted by molar-refractivity contribution is 7.92. The normalized spacial score (nSPS) is 11.9. The summed E-state index contributed by atoms with van der Waals surface area (Å²) in [6.07, 6.45) is 1.90. The number of carbonyl (C=O) groups is 1. The molecule has 0 radical (unpaired) electrons. The third-order valence-electron chi connectivity index (χ3n) is 6.34. The van der Waals surface area contributed by atoms with Gasteiger partial charge in [0.2, 0.25) is 16.0 Å². The lowest BCUT2D eigenvalue weighted by Crippen LogP contribution is -2.22. The molecular formula is C28H36N6O5SSi. The van der Waals surface area contributed by atoms with E-state index >= 15 is 0 Å². The van der Waals surface area contributed by atoms with Crippen molar-refractivity contribution in [1.82, 2.24) is 14.5 Å². The van der Waals surface area contributed by atoms with Gasteiger partial charge in [-0.25, -0.2) is 13.2 Å². The Balaban J connectivity index is 1.63. The van der Waals surface area contributed by atoms with Crippen molar-refractivity contribution in [1.29, 1.82) is 0 Å². The number of nitrogens with zero attached hydrogens (tertiary/aromatic N) is 3. The average Bonchev–Trinajstić information content (AvgIpc) is 3.33. The van der Waals surface area contributed by atoms with E-state index in [-0.39, 0.29) is 11.3 Å². The van der Waals surface area contributed by atoms with Gasteiger partial charge in [-0.2, -0.15) is 9.97 Å². The molecule has 4 N–H and O–H groups in total. The summed E-state index contributed by atoms with van der Waals surface area (Å²) in [6, 6.07) is 16.5. The number of para-hydroxylation sites is 1. The maximum Gasteiger partial charge on any atom is 0.335 e. The van der Waals surface area contributed by atoms with Gasteiger partial charge in [-0.15, -0.1) is 0 Å². The fraction of sp³-hybridized carbons (Fsp3) is 0.321. The van der Waals surface area contributed by atoms with Gasteiger partial charge in [0.15, 0.2) is 0 Å². The summed E-state index contributed by atoms with van der Waals surface area (Å²) in [4.78, 5) is 20.7. The average molecular weight is 597 g/mol. The maximum atomic E-state index is 12.2. The Labute approximate surface area is 241 Å². The van der Waals surface area contributed by atoms with Crippen LogP contribution in [0.15, 0.2) is 60.8 Å². The first kappa shape index (κ1) is 30.0. The van der Waals surface area contributed by atoms with Crippen LogP contribution in [0.3, 0.4) is 0 Å². The van der Waals surface area contributed by atoms with Gasteiger partial charge in [-0.3, -0.25) is 4.72 Å². The van der Waals surface area contributed by atoms with Gasteiger partial charge < -0.3 is 25.0 Å². The van der Waals surface area contributed by atoms with E-state index in [1.54, 1.807) is 31.2 Å². The summed E-state index contributed by atoms with van der Waals surface area (Å²) in [7, 11) is -4.67. The summed E-state index contributed by atoms with van der Waals surface area (Å²) in [5.41, 5.74) is 2.71. The number of aromatic nitrogens is 3. The maximum absolute atomic E-state index is 12.2. The molecule has 0 atom stereocenters. The molecule has 0 amide bonds. The van der Waals surface area contributed by atoms with E-state index in [2.05, 4.69) is 35.0 Å². The van der Waals surface area contributed by atoms with E-state index in [0.717, 1.165) is 17.0 Å². The number of carboxylic acids is 1. The van der Waals surface area contributed by atoms with E-state index in [1.165, 1.54) is 12.1 Å². The van der Waals surface area contributed by atoms with Crippen molar-refractivity contribution in [2.75, 3.05) is 27.7 Å². The van der Waals surface area contributed by atoms with E-state index in [9.17, 15) is 18.3 Å². The molecule has 4 rings (SSSR count). The van der Waals surface area contributed by atoms with E-state index < -0.39 is 24.1 Å². The number of carboxylic acid groups (broad SMARTS) is 1. The number of aromatic carboxylic acids is 1. The molecule has 13 heteroatoms.